The van der Waals surface area contributed by atoms with Gasteiger partial charge in [-0.3, -0.25) is 0 Å². The number of cyclic esters (lactones) is 2. The number of rotatable bonds is 4. The summed E-state index contributed by atoms with van der Waals surface area (Å²) in [6.07, 6.45) is 0.671. The number of hydrogen-bond acceptors (Lipinski definition) is 4. The average Bonchev–Trinajstić information content (AvgIpc) is 2.37. The molecule has 0 radical (unpaired) electrons. The predicted octanol–water partition coefficient (Wildman–Crippen LogP) is 1.52. The fourth-order valence-electron chi connectivity index (χ4n) is 0.676. The van der Waals surface area contributed by atoms with Crippen LogP contribution in [0.1, 0.15) is 0 Å². The van der Waals surface area contributed by atoms with Crippen molar-refractivity contribution in [3.8, 4) is 0 Å². The Hall–Kier alpha value is 0.390. The molecule has 1 aliphatic heterocycles. The van der Waals surface area contributed by atoms with Crippen molar-refractivity contribution in [2.75, 3.05) is 19.6 Å². The van der Waals surface area contributed by atoms with Gasteiger partial charge in [0.2, 0.25) is 0 Å². The second-order valence-electron chi connectivity index (χ2n) is 1.95. The Kier molecular flexibility index (Phi) is 4.40. The Morgan fingerprint density at radius 2 is 2.64 bits per heavy atom. The van der Waals surface area contributed by atoms with Crippen molar-refractivity contribution < 1.29 is 19.0 Å². The molecule has 1 aliphatic rings. The molecule has 6 heteroatoms. The number of ether oxygens (including phenoxy) is 3. The number of halogens is 1. The standard InChI is InChI=1S/C5H8IO4P/c6-11-3-8-1-4-2-9-5(7)10-4/h4,11H,1-3H2. The topological polar surface area (TPSA) is 44.8 Å². The predicted molar refractivity (Wildman–Crippen MR) is 49.4 cm³/mol. The first kappa shape index (κ1) is 9.48. The van der Waals surface area contributed by atoms with Crippen molar-refractivity contribution in [3.63, 3.8) is 0 Å². The largest absolute Gasteiger partial charge is 0.508 e. The average molecular weight is 290 g/mol. The van der Waals surface area contributed by atoms with E-state index in [-0.39, 0.29) is 6.10 Å². The Morgan fingerprint density at radius 1 is 1.82 bits per heavy atom. The quantitative estimate of drug-likeness (QED) is 0.341. The van der Waals surface area contributed by atoms with Gasteiger partial charge in [0.15, 0.2) is 6.10 Å². The summed E-state index contributed by atoms with van der Waals surface area (Å²) < 4.78 is 14.4. The van der Waals surface area contributed by atoms with Crippen molar-refractivity contribution >= 4 is 34.4 Å². The smallest absolute Gasteiger partial charge is 0.430 e. The minimum absolute atomic E-state index is 0.199. The van der Waals surface area contributed by atoms with Crippen LogP contribution in [0.25, 0.3) is 0 Å². The Labute approximate surface area is 79.2 Å². The summed E-state index contributed by atoms with van der Waals surface area (Å²) in [6, 6.07) is 0. The molecule has 11 heavy (non-hydrogen) atoms. The van der Waals surface area contributed by atoms with Crippen LogP contribution in [0, 0.1) is 0 Å². The van der Waals surface area contributed by atoms with Gasteiger partial charge < -0.3 is 14.2 Å². The molecule has 0 amide bonds. The van der Waals surface area contributed by atoms with E-state index in [1.807, 2.05) is 0 Å². The zero-order valence-corrected chi connectivity index (χ0v) is 8.87. The lowest BCUT2D eigenvalue weighted by atomic mass is 10.4. The van der Waals surface area contributed by atoms with Crippen LogP contribution in [-0.2, 0) is 14.2 Å². The van der Waals surface area contributed by atoms with Crippen molar-refractivity contribution in [3.05, 3.63) is 0 Å². The normalized spacial score (nSPS) is 24.1. The van der Waals surface area contributed by atoms with E-state index >= 15 is 0 Å². The Balaban J connectivity index is 2.04. The van der Waals surface area contributed by atoms with Gasteiger partial charge in [-0.15, -0.1) is 0 Å². The third-order valence-electron chi connectivity index (χ3n) is 1.11. The van der Waals surface area contributed by atoms with Crippen LogP contribution < -0.4 is 0 Å². The molecule has 1 rings (SSSR count). The van der Waals surface area contributed by atoms with Crippen molar-refractivity contribution in [2.45, 2.75) is 6.10 Å². The lowest BCUT2D eigenvalue weighted by molar-refractivity contribution is 0.0652. The fraction of sp³-hybridized carbons (Fsp3) is 0.800. The van der Waals surface area contributed by atoms with Gasteiger partial charge in [0.25, 0.3) is 0 Å². The van der Waals surface area contributed by atoms with Gasteiger partial charge in [-0.05, 0) is 6.22 Å². The number of carbonyl (C=O) groups excluding carboxylic acids is 1. The first-order chi connectivity index (χ1) is 5.33. The monoisotopic (exact) mass is 290 g/mol. The van der Waals surface area contributed by atoms with Gasteiger partial charge in [-0.2, -0.15) is 0 Å². The molecule has 0 aliphatic carbocycles. The van der Waals surface area contributed by atoms with E-state index < -0.39 is 6.16 Å². The van der Waals surface area contributed by atoms with Crippen LogP contribution in [0.5, 0.6) is 0 Å². The molecule has 1 heterocycles. The fourth-order valence-corrected chi connectivity index (χ4v) is 1.53. The van der Waals surface area contributed by atoms with Crippen LogP contribution in [0.4, 0.5) is 4.79 Å². The molecule has 0 saturated carbocycles. The zero-order chi connectivity index (χ0) is 8.10. The molecule has 1 saturated heterocycles. The van der Waals surface area contributed by atoms with E-state index in [4.69, 9.17) is 9.47 Å². The van der Waals surface area contributed by atoms with Gasteiger partial charge in [0.1, 0.15) is 6.61 Å². The summed E-state index contributed by atoms with van der Waals surface area (Å²) in [4.78, 5) is 10.4. The van der Waals surface area contributed by atoms with Gasteiger partial charge >= 0.3 is 6.16 Å². The third kappa shape index (κ3) is 3.53. The minimum atomic E-state index is -0.587. The summed E-state index contributed by atoms with van der Waals surface area (Å²) in [5.41, 5.74) is 0. The Bertz CT molecular complexity index is 142. The molecule has 0 aromatic heterocycles. The van der Waals surface area contributed by atoms with Gasteiger partial charge in [-0.25, -0.2) is 4.79 Å². The lowest BCUT2D eigenvalue weighted by Gasteiger charge is -2.05. The molecule has 2 atom stereocenters. The highest BCUT2D eigenvalue weighted by atomic mass is 127. The van der Waals surface area contributed by atoms with E-state index in [2.05, 4.69) is 26.8 Å². The summed E-state index contributed by atoms with van der Waals surface area (Å²) in [5, 5.41) is 0. The van der Waals surface area contributed by atoms with E-state index in [1.165, 1.54) is 0 Å². The first-order valence-corrected chi connectivity index (χ1v) is 7.39. The van der Waals surface area contributed by atoms with Gasteiger partial charge in [-0.1, -0.05) is 22.0 Å². The maximum Gasteiger partial charge on any atom is 0.508 e. The van der Waals surface area contributed by atoms with Crippen LogP contribution in [0.2, 0.25) is 0 Å². The number of hydrogen-bond donors (Lipinski definition) is 0. The zero-order valence-electron chi connectivity index (χ0n) is 5.71. The van der Waals surface area contributed by atoms with E-state index in [0.29, 0.717) is 19.6 Å². The molecule has 2 unspecified atom stereocenters. The molecule has 64 valence electrons. The maximum absolute atomic E-state index is 10.4. The van der Waals surface area contributed by atoms with Gasteiger partial charge in [0.05, 0.1) is 13.0 Å². The van der Waals surface area contributed by atoms with Crippen LogP contribution in [0.3, 0.4) is 0 Å². The first-order valence-electron chi connectivity index (χ1n) is 3.07. The molecular formula is C5H8IO4P. The van der Waals surface area contributed by atoms with E-state index in [9.17, 15) is 4.79 Å². The molecule has 0 bridgehead atoms. The van der Waals surface area contributed by atoms with E-state index in [0.717, 1.165) is 6.22 Å². The van der Waals surface area contributed by atoms with Crippen LogP contribution in [-0.4, -0.2) is 31.8 Å². The van der Waals surface area contributed by atoms with E-state index in [1.54, 1.807) is 0 Å². The summed E-state index contributed by atoms with van der Waals surface area (Å²) in [6.45, 7) is 0.769. The second kappa shape index (κ2) is 5.11. The van der Waals surface area contributed by atoms with Crippen molar-refractivity contribution in [1.82, 2.24) is 0 Å². The van der Waals surface area contributed by atoms with Gasteiger partial charge in [0, 0.05) is 0 Å². The molecular weight excluding hydrogens is 282 g/mol. The molecule has 1 fully saturated rings. The van der Waals surface area contributed by atoms with Crippen molar-refractivity contribution in [1.29, 1.82) is 0 Å². The Morgan fingerprint density at radius 3 is 3.18 bits per heavy atom. The molecule has 0 N–H and O–H groups in total. The molecule has 4 nitrogen and oxygen atoms in total. The van der Waals surface area contributed by atoms with Crippen LogP contribution in [0.15, 0.2) is 0 Å². The number of carbonyl (C=O) groups is 1. The third-order valence-corrected chi connectivity index (χ3v) is 2.36. The maximum atomic E-state index is 10.4. The highest BCUT2D eigenvalue weighted by Crippen LogP contribution is 2.20. The molecule has 0 aromatic rings. The lowest BCUT2D eigenvalue weighted by Crippen LogP contribution is -2.17. The summed E-state index contributed by atoms with van der Waals surface area (Å²) in [5.74, 6) is 0. The molecule has 0 aromatic carbocycles. The van der Waals surface area contributed by atoms with Crippen LogP contribution >= 0.6 is 28.3 Å². The minimum Gasteiger partial charge on any atom is -0.430 e. The second-order valence-corrected chi connectivity index (χ2v) is 4.79. The highest BCUT2D eigenvalue weighted by Gasteiger charge is 2.24. The SMILES string of the molecule is O=C1OCC(COCPI)O1. The molecule has 0 spiro atoms. The summed E-state index contributed by atoms with van der Waals surface area (Å²) >= 11 is 2.24. The van der Waals surface area contributed by atoms with Crippen molar-refractivity contribution in [2.24, 2.45) is 0 Å². The highest BCUT2D eigenvalue weighted by molar-refractivity contribution is 14.2. The summed E-state index contributed by atoms with van der Waals surface area (Å²) in [7, 11) is 0.